The molecule has 0 atom stereocenters. The number of ether oxygens (including phenoxy) is 1. The Labute approximate surface area is 206 Å². The molecule has 0 aliphatic heterocycles. The van der Waals surface area contributed by atoms with E-state index in [1.807, 2.05) is 54.6 Å². The molecule has 0 aliphatic carbocycles. The molecule has 4 nitrogen and oxygen atoms in total. The zero-order chi connectivity index (χ0) is 23.5. The van der Waals surface area contributed by atoms with Crippen molar-refractivity contribution in [3.63, 3.8) is 0 Å². The zero-order valence-electron chi connectivity index (χ0n) is 19.5. The smallest absolute Gasteiger partial charge is 0.251 e. The summed E-state index contributed by atoms with van der Waals surface area (Å²) in [5, 5.41) is 3.00. The van der Waals surface area contributed by atoms with E-state index in [0.29, 0.717) is 18.7 Å². The van der Waals surface area contributed by atoms with Crippen LogP contribution in [0, 0.1) is 0 Å². The molecule has 1 amide bonds. The number of nitrogens with one attached hydrogen (secondary N) is 1. The third kappa shape index (κ3) is 8.02. The van der Waals surface area contributed by atoms with Gasteiger partial charge in [0, 0.05) is 35.1 Å². The second-order valence-electron chi connectivity index (χ2n) is 8.00. The monoisotopic (exact) mass is 508 g/mol. The average Bonchev–Trinajstić information content (AvgIpc) is 2.84. The van der Waals surface area contributed by atoms with Gasteiger partial charge in [0.1, 0.15) is 5.75 Å². The lowest BCUT2D eigenvalue weighted by Gasteiger charge is -2.20. The van der Waals surface area contributed by atoms with Crippen molar-refractivity contribution in [1.82, 2.24) is 10.2 Å². The molecule has 0 fully saturated rings. The van der Waals surface area contributed by atoms with Crippen LogP contribution in [0.1, 0.15) is 40.9 Å². The average molecular weight is 509 g/mol. The summed E-state index contributed by atoms with van der Waals surface area (Å²) in [7, 11) is 0. The molecule has 0 aliphatic rings. The SMILES string of the molecule is CCN(CC)Cc1cc(Br)ccc1OCCc1ccc(C(=O)NCCc2ccccc2)cc1. The Morgan fingerprint density at radius 1 is 0.909 bits per heavy atom. The van der Waals surface area contributed by atoms with Crippen LogP contribution in [0.4, 0.5) is 0 Å². The molecule has 0 aromatic heterocycles. The fraction of sp³-hybridized carbons (Fsp3) is 0.321. The minimum absolute atomic E-state index is 0.0374. The lowest BCUT2D eigenvalue weighted by Crippen LogP contribution is -2.25. The maximum absolute atomic E-state index is 12.4. The van der Waals surface area contributed by atoms with E-state index in [1.54, 1.807) is 0 Å². The fourth-order valence-electron chi connectivity index (χ4n) is 3.67. The molecule has 1 N–H and O–H groups in total. The fourth-order valence-corrected chi connectivity index (χ4v) is 4.08. The van der Waals surface area contributed by atoms with Gasteiger partial charge in [-0.2, -0.15) is 0 Å². The van der Waals surface area contributed by atoms with Crippen LogP contribution in [0.15, 0.2) is 77.3 Å². The van der Waals surface area contributed by atoms with Crippen LogP contribution in [-0.2, 0) is 19.4 Å². The largest absolute Gasteiger partial charge is 0.493 e. The highest BCUT2D eigenvalue weighted by molar-refractivity contribution is 9.10. The van der Waals surface area contributed by atoms with E-state index in [4.69, 9.17) is 4.74 Å². The van der Waals surface area contributed by atoms with Crippen molar-refractivity contribution in [2.24, 2.45) is 0 Å². The van der Waals surface area contributed by atoms with Gasteiger partial charge in [0.15, 0.2) is 0 Å². The van der Waals surface area contributed by atoms with Crippen molar-refractivity contribution < 1.29 is 9.53 Å². The quantitative estimate of drug-likeness (QED) is 0.331. The molecule has 3 aromatic rings. The summed E-state index contributed by atoms with van der Waals surface area (Å²) in [4.78, 5) is 14.8. The number of carbonyl (C=O) groups is 1. The van der Waals surface area contributed by atoms with Crippen molar-refractivity contribution in [2.45, 2.75) is 33.2 Å². The van der Waals surface area contributed by atoms with Gasteiger partial charge in [-0.15, -0.1) is 0 Å². The van der Waals surface area contributed by atoms with Crippen molar-refractivity contribution in [2.75, 3.05) is 26.2 Å². The predicted molar refractivity (Wildman–Crippen MR) is 139 cm³/mol. The molecule has 3 aromatic carbocycles. The maximum Gasteiger partial charge on any atom is 0.251 e. The van der Waals surface area contributed by atoms with Gasteiger partial charge < -0.3 is 10.1 Å². The highest BCUT2D eigenvalue weighted by Gasteiger charge is 2.09. The van der Waals surface area contributed by atoms with Gasteiger partial charge in [0.25, 0.3) is 5.91 Å². The third-order valence-corrected chi connectivity index (χ3v) is 6.21. The summed E-state index contributed by atoms with van der Waals surface area (Å²) in [6.45, 7) is 8.46. The van der Waals surface area contributed by atoms with Crippen LogP contribution >= 0.6 is 15.9 Å². The van der Waals surface area contributed by atoms with E-state index in [1.165, 1.54) is 11.1 Å². The molecule has 0 spiro atoms. The first-order chi connectivity index (χ1) is 16.1. The minimum Gasteiger partial charge on any atom is -0.493 e. The van der Waals surface area contributed by atoms with Gasteiger partial charge in [0.2, 0.25) is 0 Å². The van der Waals surface area contributed by atoms with Crippen LogP contribution in [-0.4, -0.2) is 37.0 Å². The number of halogens is 1. The van der Waals surface area contributed by atoms with Gasteiger partial charge in [-0.1, -0.05) is 72.2 Å². The second kappa shape index (κ2) is 13.2. The topological polar surface area (TPSA) is 41.6 Å². The first-order valence-electron chi connectivity index (χ1n) is 11.6. The highest BCUT2D eigenvalue weighted by atomic mass is 79.9. The zero-order valence-corrected chi connectivity index (χ0v) is 21.1. The number of hydrogen-bond donors (Lipinski definition) is 1. The van der Waals surface area contributed by atoms with E-state index in [0.717, 1.165) is 48.3 Å². The molecular formula is C28H33BrN2O2. The van der Waals surface area contributed by atoms with Crippen molar-refractivity contribution >= 4 is 21.8 Å². The van der Waals surface area contributed by atoms with Gasteiger partial charge in [-0.3, -0.25) is 9.69 Å². The molecule has 0 bridgehead atoms. The molecule has 0 saturated carbocycles. The molecule has 3 rings (SSSR count). The number of hydrogen-bond acceptors (Lipinski definition) is 3. The summed E-state index contributed by atoms with van der Waals surface area (Å²) in [6, 6.07) is 24.2. The Morgan fingerprint density at radius 2 is 1.61 bits per heavy atom. The summed E-state index contributed by atoms with van der Waals surface area (Å²) < 4.78 is 7.20. The lowest BCUT2D eigenvalue weighted by molar-refractivity contribution is 0.0954. The third-order valence-electron chi connectivity index (χ3n) is 5.72. The van der Waals surface area contributed by atoms with Gasteiger partial charge in [0.05, 0.1) is 6.61 Å². The molecule has 5 heteroatoms. The molecule has 0 saturated heterocycles. The van der Waals surface area contributed by atoms with Crippen LogP contribution in [0.3, 0.4) is 0 Å². The van der Waals surface area contributed by atoms with Crippen LogP contribution < -0.4 is 10.1 Å². The Balaban J connectivity index is 1.48. The van der Waals surface area contributed by atoms with Gasteiger partial charge in [-0.25, -0.2) is 0 Å². The Morgan fingerprint density at radius 3 is 2.30 bits per heavy atom. The number of nitrogens with zero attached hydrogens (tertiary/aromatic N) is 1. The Bertz CT molecular complexity index is 1000. The summed E-state index contributed by atoms with van der Waals surface area (Å²) >= 11 is 3.57. The standard InChI is InChI=1S/C28H33BrN2O2/c1-3-31(4-2)21-25-20-26(29)14-15-27(25)33-19-17-23-10-12-24(13-11-23)28(32)30-18-16-22-8-6-5-7-9-22/h5-15,20H,3-4,16-19,21H2,1-2H3,(H,30,32). The van der Waals surface area contributed by atoms with E-state index < -0.39 is 0 Å². The predicted octanol–water partition coefficient (Wildman–Crippen LogP) is 5.88. The summed E-state index contributed by atoms with van der Waals surface area (Å²) in [6.07, 6.45) is 1.62. The van der Waals surface area contributed by atoms with Crippen molar-refractivity contribution in [3.05, 3.63) is 99.5 Å². The van der Waals surface area contributed by atoms with Crippen LogP contribution in [0.2, 0.25) is 0 Å². The van der Waals surface area contributed by atoms with E-state index >= 15 is 0 Å². The lowest BCUT2D eigenvalue weighted by atomic mass is 10.1. The second-order valence-corrected chi connectivity index (χ2v) is 8.92. The maximum atomic E-state index is 12.4. The molecule has 33 heavy (non-hydrogen) atoms. The molecule has 0 radical (unpaired) electrons. The van der Waals surface area contributed by atoms with Crippen LogP contribution in [0.5, 0.6) is 5.75 Å². The van der Waals surface area contributed by atoms with E-state index in [-0.39, 0.29) is 5.91 Å². The Hall–Kier alpha value is -2.63. The highest BCUT2D eigenvalue weighted by Crippen LogP contribution is 2.25. The van der Waals surface area contributed by atoms with Gasteiger partial charge in [-0.05, 0) is 61.0 Å². The number of amides is 1. The Kier molecular flexibility index (Phi) is 9.98. The van der Waals surface area contributed by atoms with Crippen molar-refractivity contribution in [1.29, 1.82) is 0 Å². The number of rotatable bonds is 12. The first kappa shape index (κ1) is 25.0. The summed E-state index contributed by atoms with van der Waals surface area (Å²) in [5.74, 6) is 0.893. The van der Waals surface area contributed by atoms with Crippen LogP contribution in [0.25, 0.3) is 0 Å². The van der Waals surface area contributed by atoms with Gasteiger partial charge >= 0.3 is 0 Å². The normalized spacial score (nSPS) is 10.9. The minimum atomic E-state index is -0.0374. The number of benzene rings is 3. The molecule has 174 valence electrons. The molecule has 0 heterocycles. The van der Waals surface area contributed by atoms with Crippen molar-refractivity contribution in [3.8, 4) is 5.75 Å². The summed E-state index contributed by atoms with van der Waals surface area (Å²) in [5.41, 5.74) is 4.25. The first-order valence-corrected chi connectivity index (χ1v) is 12.4. The molecular weight excluding hydrogens is 476 g/mol. The van der Waals surface area contributed by atoms with E-state index in [2.05, 4.69) is 58.2 Å². The molecule has 0 unspecified atom stereocenters. The van der Waals surface area contributed by atoms with E-state index in [9.17, 15) is 4.79 Å². The number of carbonyl (C=O) groups excluding carboxylic acids is 1.